The average Bonchev–Trinajstić information content (AvgIpc) is 2.99. The maximum absolute atomic E-state index is 11.9. The van der Waals surface area contributed by atoms with E-state index in [1.165, 1.54) is 30.8 Å². The number of aliphatic imine (C=N–C) groups is 1. The average molecular weight is 285 g/mol. The number of amides is 1. The van der Waals surface area contributed by atoms with Crippen molar-refractivity contribution in [2.45, 2.75) is 6.54 Å². The van der Waals surface area contributed by atoms with Gasteiger partial charge in [-0.3, -0.25) is 10.1 Å². The summed E-state index contributed by atoms with van der Waals surface area (Å²) in [4.78, 5) is 22.7. The van der Waals surface area contributed by atoms with E-state index in [-0.39, 0.29) is 29.5 Å². The van der Waals surface area contributed by atoms with E-state index in [0.717, 1.165) is 0 Å². The fourth-order valence-electron chi connectivity index (χ4n) is 1.48. The number of phenolic OH excluding ortho intramolecular Hbond substituents is 1. The zero-order chi connectivity index (χ0) is 15.2. The Morgan fingerprint density at radius 3 is 3.05 bits per heavy atom. The summed E-state index contributed by atoms with van der Waals surface area (Å²) in [6.45, 7) is 7.01. The normalized spacial score (nSPS) is 10.9. The van der Waals surface area contributed by atoms with Crippen LogP contribution in [0.2, 0.25) is 0 Å². The summed E-state index contributed by atoms with van der Waals surface area (Å²) in [7, 11) is 0. The van der Waals surface area contributed by atoms with Crippen molar-refractivity contribution in [1.82, 2.24) is 10.3 Å². The number of aromatic nitrogens is 1. The smallest absolute Gasteiger partial charge is 0.260 e. The van der Waals surface area contributed by atoms with Gasteiger partial charge in [0.15, 0.2) is 18.0 Å². The first-order valence-corrected chi connectivity index (χ1v) is 5.79. The highest BCUT2D eigenvalue weighted by atomic mass is 16.3. The summed E-state index contributed by atoms with van der Waals surface area (Å²) in [5.74, 6) is -0.547. The highest BCUT2D eigenvalue weighted by Gasteiger charge is 2.12. The largest absolute Gasteiger partial charge is 0.507 e. The topological polar surface area (TPSA) is 118 Å². The van der Waals surface area contributed by atoms with Crippen molar-refractivity contribution in [2.24, 2.45) is 10.7 Å². The lowest BCUT2D eigenvalue weighted by Crippen LogP contribution is -2.36. The van der Waals surface area contributed by atoms with Crippen LogP contribution in [0.15, 0.2) is 40.2 Å². The van der Waals surface area contributed by atoms with E-state index in [9.17, 15) is 9.90 Å². The zero-order valence-electron chi connectivity index (χ0n) is 10.8. The maximum atomic E-state index is 11.9. The molecule has 0 aliphatic rings. The van der Waals surface area contributed by atoms with E-state index in [1.54, 1.807) is 0 Å². The van der Waals surface area contributed by atoms with Crippen molar-refractivity contribution in [3.05, 3.63) is 53.5 Å². The van der Waals surface area contributed by atoms with Gasteiger partial charge in [0.2, 0.25) is 0 Å². The van der Waals surface area contributed by atoms with Crippen molar-refractivity contribution in [3.8, 4) is 5.75 Å². The standard InChI is InChI=1S/C13H11N5O3/c1-15-8-2-3-11(19)10(4-8)12(20)18-13(14)17-6-9-5-16-7-21-9/h2-5,7,19H,6H2,(H3,14,17,18,20). The number of benzene rings is 1. The first-order valence-electron chi connectivity index (χ1n) is 5.79. The lowest BCUT2D eigenvalue weighted by Gasteiger charge is -2.06. The summed E-state index contributed by atoms with van der Waals surface area (Å²) in [5.41, 5.74) is 5.74. The van der Waals surface area contributed by atoms with Gasteiger partial charge in [-0.05, 0) is 12.1 Å². The summed E-state index contributed by atoms with van der Waals surface area (Å²) in [6.07, 6.45) is 2.73. The number of aromatic hydroxyl groups is 1. The number of phenols is 1. The fraction of sp³-hybridized carbons (Fsp3) is 0.0769. The molecule has 0 spiro atoms. The molecule has 0 radical (unpaired) electrons. The van der Waals surface area contributed by atoms with Gasteiger partial charge in [-0.25, -0.2) is 14.8 Å². The molecule has 0 fully saturated rings. The number of nitrogens with two attached hydrogens (primary N) is 1. The molecule has 1 aromatic carbocycles. The van der Waals surface area contributed by atoms with Crippen LogP contribution < -0.4 is 11.1 Å². The molecule has 0 saturated carbocycles. The SMILES string of the molecule is [C-]#[N+]c1ccc(O)c(C(=O)NC(N)=NCc2cnco2)c1. The molecule has 2 rings (SSSR count). The Morgan fingerprint density at radius 2 is 2.38 bits per heavy atom. The number of rotatable bonds is 3. The Kier molecular flexibility index (Phi) is 4.16. The van der Waals surface area contributed by atoms with Gasteiger partial charge in [0, 0.05) is 0 Å². The first-order chi connectivity index (χ1) is 10.1. The number of carbonyl (C=O) groups excluding carboxylic acids is 1. The van der Waals surface area contributed by atoms with Crippen LogP contribution in [0, 0.1) is 6.57 Å². The Morgan fingerprint density at radius 1 is 1.57 bits per heavy atom. The zero-order valence-corrected chi connectivity index (χ0v) is 10.8. The molecule has 2 aromatic rings. The minimum absolute atomic E-state index is 0.0543. The number of guanidine groups is 1. The van der Waals surface area contributed by atoms with Crippen LogP contribution in [-0.4, -0.2) is 22.0 Å². The Bertz CT molecular complexity index is 716. The lowest BCUT2D eigenvalue weighted by molar-refractivity contribution is 0.0974. The number of nitrogens with one attached hydrogen (secondary N) is 1. The van der Waals surface area contributed by atoms with Crippen LogP contribution in [-0.2, 0) is 6.54 Å². The molecular weight excluding hydrogens is 274 g/mol. The van der Waals surface area contributed by atoms with Crippen LogP contribution in [0.5, 0.6) is 5.75 Å². The van der Waals surface area contributed by atoms with Crippen molar-refractivity contribution >= 4 is 17.6 Å². The van der Waals surface area contributed by atoms with Gasteiger partial charge in [0.1, 0.15) is 18.1 Å². The predicted octanol–water partition coefficient (Wildman–Crippen LogP) is 1.18. The molecule has 8 heteroatoms. The third-order valence-electron chi connectivity index (χ3n) is 2.48. The number of hydrogen-bond acceptors (Lipinski definition) is 5. The molecule has 1 heterocycles. The van der Waals surface area contributed by atoms with Gasteiger partial charge >= 0.3 is 0 Å². The third kappa shape index (κ3) is 3.57. The van der Waals surface area contributed by atoms with Gasteiger partial charge in [0.05, 0.1) is 18.3 Å². The van der Waals surface area contributed by atoms with E-state index in [0.29, 0.717) is 5.76 Å². The van der Waals surface area contributed by atoms with Gasteiger partial charge in [-0.1, -0.05) is 6.07 Å². The van der Waals surface area contributed by atoms with Crippen LogP contribution in [0.4, 0.5) is 5.69 Å². The Balaban J connectivity index is 2.07. The number of carbonyl (C=O) groups is 1. The molecule has 21 heavy (non-hydrogen) atoms. The molecule has 0 saturated heterocycles. The minimum Gasteiger partial charge on any atom is -0.507 e. The second-order valence-corrected chi connectivity index (χ2v) is 3.94. The maximum Gasteiger partial charge on any atom is 0.260 e. The highest BCUT2D eigenvalue weighted by molar-refractivity contribution is 6.07. The molecular formula is C13H11N5O3. The number of nitrogens with zero attached hydrogens (tertiary/aromatic N) is 3. The fourth-order valence-corrected chi connectivity index (χ4v) is 1.48. The third-order valence-corrected chi connectivity index (χ3v) is 2.48. The molecule has 4 N–H and O–H groups in total. The van der Waals surface area contributed by atoms with Crippen LogP contribution >= 0.6 is 0 Å². The Hall–Kier alpha value is -3.34. The monoisotopic (exact) mass is 285 g/mol. The molecule has 0 aliphatic carbocycles. The highest BCUT2D eigenvalue weighted by Crippen LogP contribution is 2.23. The van der Waals surface area contributed by atoms with Gasteiger partial charge in [0.25, 0.3) is 5.91 Å². The molecule has 0 bridgehead atoms. The number of oxazole rings is 1. The van der Waals surface area contributed by atoms with E-state index >= 15 is 0 Å². The first kappa shape index (κ1) is 14.1. The van der Waals surface area contributed by atoms with Crippen molar-refractivity contribution in [1.29, 1.82) is 0 Å². The van der Waals surface area contributed by atoms with Crippen molar-refractivity contribution in [3.63, 3.8) is 0 Å². The minimum atomic E-state index is -0.656. The molecule has 0 aliphatic heterocycles. The quantitative estimate of drug-likeness (QED) is 0.444. The van der Waals surface area contributed by atoms with E-state index in [1.807, 2.05) is 0 Å². The van der Waals surface area contributed by atoms with Crippen LogP contribution in [0.3, 0.4) is 0 Å². The summed E-state index contributed by atoms with van der Waals surface area (Å²) < 4.78 is 4.96. The summed E-state index contributed by atoms with van der Waals surface area (Å²) >= 11 is 0. The summed E-state index contributed by atoms with van der Waals surface area (Å²) in [5, 5.41) is 11.9. The molecule has 1 amide bonds. The Labute approximate surface area is 119 Å². The van der Waals surface area contributed by atoms with Crippen molar-refractivity contribution in [2.75, 3.05) is 0 Å². The van der Waals surface area contributed by atoms with Gasteiger partial charge in [-0.15, -0.1) is 0 Å². The number of hydrogen-bond donors (Lipinski definition) is 3. The van der Waals surface area contributed by atoms with Gasteiger partial charge in [-0.2, -0.15) is 0 Å². The molecule has 0 unspecified atom stereocenters. The van der Waals surface area contributed by atoms with E-state index in [4.69, 9.17) is 16.7 Å². The molecule has 8 nitrogen and oxygen atoms in total. The van der Waals surface area contributed by atoms with Crippen LogP contribution in [0.25, 0.3) is 4.85 Å². The van der Waals surface area contributed by atoms with Gasteiger partial charge < -0.3 is 15.3 Å². The molecule has 0 atom stereocenters. The molecule has 106 valence electrons. The van der Waals surface area contributed by atoms with Crippen LogP contribution in [0.1, 0.15) is 16.1 Å². The molecule has 1 aromatic heterocycles. The lowest BCUT2D eigenvalue weighted by atomic mass is 10.1. The second-order valence-electron chi connectivity index (χ2n) is 3.94. The van der Waals surface area contributed by atoms with E-state index in [2.05, 4.69) is 20.1 Å². The second kappa shape index (κ2) is 6.21. The van der Waals surface area contributed by atoms with E-state index < -0.39 is 5.91 Å². The predicted molar refractivity (Wildman–Crippen MR) is 73.7 cm³/mol. The van der Waals surface area contributed by atoms with Crippen molar-refractivity contribution < 1.29 is 14.3 Å². The summed E-state index contributed by atoms with van der Waals surface area (Å²) in [6, 6.07) is 3.94.